The van der Waals surface area contributed by atoms with Gasteiger partial charge in [0.2, 0.25) is 11.8 Å². The van der Waals surface area contributed by atoms with E-state index in [2.05, 4.69) is 16.0 Å². The second-order valence-corrected chi connectivity index (χ2v) is 13.1. The van der Waals surface area contributed by atoms with E-state index in [4.69, 9.17) is 18.9 Å². The lowest BCUT2D eigenvalue weighted by molar-refractivity contribution is -0.136. The molecule has 2 aromatic rings. The molecule has 0 aromatic heterocycles. The number of fused-ring (bicyclic) bond motifs is 1. The van der Waals surface area contributed by atoms with Crippen LogP contribution in [0.3, 0.4) is 0 Å². The zero-order chi connectivity index (χ0) is 34.5. The number of nitrogens with zero attached hydrogens (tertiary/aromatic N) is 1. The van der Waals surface area contributed by atoms with Gasteiger partial charge in [-0.1, -0.05) is 24.6 Å². The second-order valence-electron chi connectivity index (χ2n) is 13.1. The Labute approximate surface area is 283 Å². The zero-order valence-corrected chi connectivity index (χ0v) is 28.6. The maximum Gasteiger partial charge on any atom is 0.408 e. The average Bonchev–Trinajstić information content (AvgIpc) is 3.36. The van der Waals surface area contributed by atoms with Crippen molar-refractivity contribution in [3.8, 4) is 5.75 Å². The Balaban J connectivity index is 1.00. The van der Waals surface area contributed by atoms with Crippen molar-refractivity contribution >= 4 is 29.5 Å². The molecule has 4 rings (SSSR count). The summed E-state index contributed by atoms with van der Waals surface area (Å²) in [6, 6.07) is 12.4. The van der Waals surface area contributed by atoms with Crippen LogP contribution in [0.2, 0.25) is 0 Å². The molecule has 0 aliphatic carbocycles. The summed E-state index contributed by atoms with van der Waals surface area (Å²) >= 11 is 0. The molecule has 12 nitrogen and oxygen atoms in total. The normalized spacial score (nSPS) is 16.7. The smallest absolute Gasteiger partial charge is 0.408 e. The summed E-state index contributed by atoms with van der Waals surface area (Å²) in [5.41, 5.74) is 2.69. The fourth-order valence-corrected chi connectivity index (χ4v) is 5.62. The van der Waals surface area contributed by atoms with Crippen molar-refractivity contribution in [2.75, 3.05) is 44.9 Å². The number of amides is 4. The minimum Gasteiger partial charge on any atom is -0.494 e. The van der Waals surface area contributed by atoms with Gasteiger partial charge in [0.15, 0.2) is 0 Å². The maximum atomic E-state index is 13.0. The summed E-state index contributed by atoms with van der Waals surface area (Å²) in [6.07, 6.45) is 4.14. The van der Waals surface area contributed by atoms with Crippen LogP contribution in [0.4, 0.5) is 10.5 Å². The third kappa shape index (κ3) is 11.2. The summed E-state index contributed by atoms with van der Waals surface area (Å²) in [4.78, 5) is 50.4. The highest BCUT2D eigenvalue weighted by Gasteiger charge is 2.39. The fourth-order valence-electron chi connectivity index (χ4n) is 5.62. The Bertz CT molecular complexity index is 1410. The van der Waals surface area contributed by atoms with Crippen molar-refractivity contribution in [3.63, 3.8) is 0 Å². The van der Waals surface area contributed by atoms with Crippen molar-refractivity contribution in [1.82, 2.24) is 15.5 Å². The Kier molecular flexibility index (Phi) is 13.6. The molecule has 4 amide bonds. The van der Waals surface area contributed by atoms with Crippen LogP contribution in [0.1, 0.15) is 93.7 Å². The molecule has 12 heteroatoms. The number of benzene rings is 2. The van der Waals surface area contributed by atoms with Gasteiger partial charge < -0.3 is 34.5 Å². The Morgan fingerprint density at radius 2 is 1.69 bits per heavy atom. The number of hydrogen-bond donors (Lipinski definition) is 3. The van der Waals surface area contributed by atoms with Crippen LogP contribution in [0, 0.1) is 0 Å². The van der Waals surface area contributed by atoms with Crippen LogP contribution in [-0.2, 0) is 30.3 Å². The van der Waals surface area contributed by atoms with E-state index in [1.165, 1.54) is 0 Å². The standard InChI is InChI=1S/C36H50N4O8/c1-25(38-35(44)48-36(2,3)4)26-11-9-12-27(23-26)47-19-8-6-5-7-18-45-21-22-46-20-17-37-30-14-10-13-28-29(30)24-40(34(28)43)31-15-16-32(41)39-33(31)42/h9-14,23,25,31,37H,5-8,15-22,24H2,1-4H3,(H,38,44)(H,39,41,42)/t25-,31?/m1/s1. The van der Waals surface area contributed by atoms with Crippen molar-refractivity contribution in [3.05, 3.63) is 59.2 Å². The molecule has 0 radical (unpaired) electrons. The number of carbonyl (C=O) groups is 4. The molecule has 2 aromatic carbocycles. The van der Waals surface area contributed by atoms with Gasteiger partial charge >= 0.3 is 6.09 Å². The maximum absolute atomic E-state index is 13.0. The number of ether oxygens (including phenoxy) is 4. The van der Waals surface area contributed by atoms with Gasteiger partial charge in [-0.05, 0) is 83.2 Å². The number of alkyl carbamates (subject to hydrolysis) is 1. The molecular formula is C36H50N4O8. The largest absolute Gasteiger partial charge is 0.494 e. The minimum atomic E-state index is -0.631. The van der Waals surface area contributed by atoms with Crippen LogP contribution < -0.4 is 20.7 Å². The van der Waals surface area contributed by atoms with Gasteiger partial charge in [-0.25, -0.2) is 4.79 Å². The van der Waals surface area contributed by atoms with Crippen LogP contribution in [0.5, 0.6) is 5.75 Å². The lowest BCUT2D eigenvalue weighted by Crippen LogP contribution is -2.52. The molecule has 0 bridgehead atoms. The van der Waals surface area contributed by atoms with Crippen LogP contribution in [0.25, 0.3) is 0 Å². The summed E-state index contributed by atoms with van der Waals surface area (Å²) < 4.78 is 22.7. The Hall–Kier alpha value is -4.16. The number of anilines is 1. The van der Waals surface area contributed by atoms with E-state index in [-0.39, 0.29) is 24.3 Å². The van der Waals surface area contributed by atoms with Gasteiger partial charge in [0.1, 0.15) is 17.4 Å². The highest BCUT2D eigenvalue weighted by Crippen LogP contribution is 2.32. The molecule has 1 saturated heterocycles. The predicted molar refractivity (Wildman–Crippen MR) is 181 cm³/mol. The van der Waals surface area contributed by atoms with Gasteiger partial charge in [-0.15, -0.1) is 0 Å². The molecule has 48 heavy (non-hydrogen) atoms. The molecule has 262 valence electrons. The van der Waals surface area contributed by atoms with Crippen molar-refractivity contribution in [1.29, 1.82) is 0 Å². The van der Waals surface area contributed by atoms with Crippen LogP contribution in [0.15, 0.2) is 42.5 Å². The highest BCUT2D eigenvalue weighted by atomic mass is 16.6. The van der Waals surface area contributed by atoms with Gasteiger partial charge in [-0.3, -0.25) is 19.7 Å². The second kappa shape index (κ2) is 17.8. The topological polar surface area (TPSA) is 145 Å². The highest BCUT2D eigenvalue weighted by molar-refractivity contribution is 6.06. The SMILES string of the molecule is C[C@@H](NC(=O)OC(C)(C)C)c1cccc(OCCCCCCOCCOCCNc2cccc3c2CN(C2CCC(=O)NC2=O)C3=O)c1. The quantitative estimate of drug-likeness (QED) is 0.146. The lowest BCUT2D eigenvalue weighted by Gasteiger charge is -2.29. The molecule has 3 N–H and O–H groups in total. The summed E-state index contributed by atoms with van der Waals surface area (Å²) in [7, 11) is 0. The van der Waals surface area contributed by atoms with Crippen molar-refractivity contribution in [2.24, 2.45) is 0 Å². The van der Waals surface area contributed by atoms with Gasteiger partial charge in [-0.2, -0.15) is 0 Å². The summed E-state index contributed by atoms with van der Waals surface area (Å²) in [6.45, 7) is 11.1. The molecule has 0 saturated carbocycles. The van der Waals surface area contributed by atoms with E-state index in [1.54, 1.807) is 11.0 Å². The zero-order valence-electron chi connectivity index (χ0n) is 28.6. The minimum absolute atomic E-state index is 0.187. The van der Waals surface area contributed by atoms with Gasteiger partial charge in [0.25, 0.3) is 5.91 Å². The molecule has 2 aliphatic heterocycles. The van der Waals surface area contributed by atoms with E-state index in [1.807, 2.05) is 64.1 Å². The number of carbonyl (C=O) groups excluding carboxylic acids is 4. The first-order valence-corrected chi connectivity index (χ1v) is 16.9. The third-order valence-electron chi connectivity index (χ3n) is 8.06. The average molecular weight is 667 g/mol. The molecule has 1 unspecified atom stereocenters. The van der Waals surface area contributed by atoms with Crippen molar-refractivity contribution < 1.29 is 38.1 Å². The Morgan fingerprint density at radius 3 is 2.44 bits per heavy atom. The molecular weight excluding hydrogens is 616 g/mol. The van der Waals surface area contributed by atoms with E-state index in [0.717, 1.165) is 48.2 Å². The van der Waals surface area contributed by atoms with Crippen LogP contribution in [-0.4, -0.2) is 79.9 Å². The molecule has 2 aliphatic rings. The number of rotatable bonds is 18. The molecule has 2 heterocycles. The Morgan fingerprint density at radius 1 is 0.958 bits per heavy atom. The molecule has 2 atom stereocenters. The van der Waals surface area contributed by atoms with E-state index in [9.17, 15) is 19.2 Å². The number of unbranched alkanes of at least 4 members (excludes halogenated alkanes) is 3. The number of hydrogen-bond acceptors (Lipinski definition) is 9. The first-order valence-electron chi connectivity index (χ1n) is 16.9. The van der Waals surface area contributed by atoms with E-state index in [0.29, 0.717) is 58.1 Å². The monoisotopic (exact) mass is 666 g/mol. The third-order valence-corrected chi connectivity index (χ3v) is 8.06. The summed E-state index contributed by atoms with van der Waals surface area (Å²) in [5, 5.41) is 8.54. The lowest BCUT2D eigenvalue weighted by atomic mass is 10.0. The van der Waals surface area contributed by atoms with Gasteiger partial charge in [0.05, 0.1) is 32.5 Å². The van der Waals surface area contributed by atoms with Crippen LogP contribution >= 0.6 is 0 Å². The first-order chi connectivity index (χ1) is 23.0. The summed E-state index contributed by atoms with van der Waals surface area (Å²) in [5.74, 6) is -0.117. The number of imide groups is 1. The molecule has 0 spiro atoms. The fraction of sp³-hybridized carbons (Fsp3) is 0.556. The first kappa shape index (κ1) is 36.7. The molecule has 1 fully saturated rings. The number of nitrogens with one attached hydrogen (secondary N) is 3. The predicted octanol–water partition coefficient (Wildman–Crippen LogP) is 5.12. The van der Waals surface area contributed by atoms with E-state index >= 15 is 0 Å². The van der Waals surface area contributed by atoms with E-state index < -0.39 is 23.6 Å². The number of piperidine rings is 1. The van der Waals surface area contributed by atoms with Gasteiger partial charge in [0, 0.05) is 42.9 Å². The van der Waals surface area contributed by atoms with Crippen molar-refractivity contribution in [2.45, 2.75) is 90.4 Å².